The van der Waals surface area contributed by atoms with Crippen molar-refractivity contribution in [2.75, 3.05) is 26.2 Å². The van der Waals surface area contributed by atoms with E-state index in [0.717, 1.165) is 0 Å². The molecule has 1 atom stereocenters. The van der Waals surface area contributed by atoms with Crippen molar-refractivity contribution in [3.8, 4) is 0 Å². The molecule has 3 fully saturated rings. The van der Waals surface area contributed by atoms with E-state index >= 15 is 0 Å². The lowest BCUT2D eigenvalue weighted by atomic mass is 9.89. The van der Waals surface area contributed by atoms with Gasteiger partial charge >= 0.3 is 18.0 Å². The number of rotatable bonds is 6. The lowest BCUT2D eigenvalue weighted by molar-refractivity contribution is -0.251. The molecule has 1 amide bonds. The Morgan fingerprint density at radius 2 is 1.60 bits per heavy atom. The Hall–Kier alpha value is -3.57. The maximum Gasteiger partial charge on any atom is 0.447 e. The number of piperidine rings is 1. The highest BCUT2D eigenvalue weighted by molar-refractivity contribution is 6.30. The first-order valence-electron chi connectivity index (χ1n) is 11.1. The summed E-state index contributed by atoms with van der Waals surface area (Å²) in [7, 11) is 0. The van der Waals surface area contributed by atoms with Gasteiger partial charge in [-0.2, -0.15) is 0 Å². The fourth-order valence-corrected chi connectivity index (χ4v) is 4.62. The van der Waals surface area contributed by atoms with E-state index in [1.165, 1.54) is 24.3 Å². The Kier molecular flexibility index (Phi) is 6.12. The van der Waals surface area contributed by atoms with E-state index in [4.69, 9.17) is 19.0 Å². The summed E-state index contributed by atoms with van der Waals surface area (Å²) in [5.41, 5.74) is 0.0378. The number of likely N-dealkylation sites (tertiary alicyclic amines) is 1. The minimum atomic E-state index is -1.27. The van der Waals surface area contributed by atoms with Crippen LogP contribution < -0.4 is 0 Å². The zero-order valence-corrected chi connectivity index (χ0v) is 18.5. The lowest BCUT2D eigenvalue weighted by Gasteiger charge is -2.40. The smallest absolute Gasteiger partial charge is 0.434 e. The van der Waals surface area contributed by atoms with E-state index in [9.17, 15) is 23.2 Å². The largest absolute Gasteiger partial charge is 0.447 e. The highest BCUT2D eigenvalue weighted by atomic mass is 19.1. The van der Waals surface area contributed by atoms with Crippen molar-refractivity contribution in [3.05, 3.63) is 71.3 Å². The van der Waals surface area contributed by atoms with Crippen LogP contribution in [0.15, 0.2) is 48.5 Å². The third kappa shape index (κ3) is 4.56. The number of esters is 1. The number of benzene rings is 2. The van der Waals surface area contributed by atoms with Gasteiger partial charge in [-0.15, -0.1) is 0 Å². The quantitative estimate of drug-likeness (QED) is 0.453. The number of carbonyl (C=O) groups is 3. The van der Waals surface area contributed by atoms with Crippen molar-refractivity contribution < 1.29 is 42.2 Å². The second-order valence-electron chi connectivity index (χ2n) is 8.60. The summed E-state index contributed by atoms with van der Waals surface area (Å²) in [6, 6.07) is 12.0. The van der Waals surface area contributed by atoms with Gasteiger partial charge in [0.2, 0.25) is 0 Å². The Labute approximate surface area is 199 Å². The number of hydroxylamine groups is 2. The molecule has 11 heteroatoms. The highest BCUT2D eigenvalue weighted by Crippen LogP contribution is 2.41. The predicted molar refractivity (Wildman–Crippen MR) is 113 cm³/mol. The molecule has 0 N–H and O–H groups in total. The molecule has 9 nitrogen and oxygen atoms in total. The third-order valence-corrected chi connectivity index (χ3v) is 6.40. The van der Waals surface area contributed by atoms with Gasteiger partial charge in [0.15, 0.2) is 5.60 Å². The third-order valence-electron chi connectivity index (χ3n) is 6.40. The zero-order valence-electron chi connectivity index (χ0n) is 18.5. The van der Waals surface area contributed by atoms with Crippen molar-refractivity contribution in [2.24, 2.45) is 0 Å². The number of hydrogen-bond donors (Lipinski definition) is 0. The van der Waals surface area contributed by atoms with E-state index in [-0.39, 0.29) is 6.61 Å². The molecule has 1 unspecified atom stereocenters. The minimum absolute atomic E-state index is 0.270. The topological polar surface area (TPSA) is 94.6 Å². The van der Waals surface area contributed by atoms with Gasteiger partial charge < -0.3 is 23.9 Å². The summed E-state index contributed by atoms with van der Waals surface area (Å²) in [5, 5.41) is 0.672. The van der Waals surface area contributed by atoms with Gasteiger partial charge in [0.25, 0.3) is 6.23 Å². The number of ether oxygens (including phenoxy) is 3. The maximum absolute atomic E-state index is 13.8. The summed E-state index contributed by atoms with van der Waals surface area (Å²) < 4.78 is 44.3. The first-order chi connectivity index (χ1) is 16.8. The van der Waals surface area contributed by atoms with Crippen molar-refractivity contribution in [1.82, 2.24) is 9.96 Å². The van der Waals surface area contributed by atoms with Gasteiger partial charge in [-0.05, 0) is 35.4 Å². The van der Waals surface area contributed by atoms with Crippen LogP contribution in [0.1, 0.15) is 30.1 Å². The molecular formula is C24H22F2N2O7. The molecule has 0 aliphatic carbocycles. The predicted octanol–water partition coefficient (Wildman–Crippen LogP) is 2.70. The molecule has 0 saturated carbocycles. The Morgan fingerprint density at radius 1 is 0.971 bits per heavy atom. The molecule has 3 saturated heterocycles. The molecule has 0 radical (unpaired) electrons. The average Bonchev–Trinajstić information content (AvgIpc) is 3.08. The van der Waals surface area contributed by atoms with Crippen molar-refractivity contribution in [1.29, 1.82) is 0 Å². The summed E-state index contributed by atoms with van der Waals surface area (Å²) in [4.78, 5) is 42.0. The van der Waals surface area contributed by atoms with Crippen LogP contribution in [0, 0.1) is 11.6 Å². The van der Waals surface area contributed by atoms with Crippen LogP contribution in [0.2, 0.25) is 0 Å². The second kappa shape index (κ2) is 9.23. The maximum atomic E-state index is 13.8. The number of hydrogen-bond acceptors (Lipinski definition) is 8. The molecule has 0 bridgehead atoms. The van der Waals surface area contributed by atoms with Gasteiger partial charge in [-0.1, -0.05) is 29.3 Å². The SMILES string of the molecule is O=C1OC2N(OC1=O)C(=O)OC21CCN(CCOC(c2cccc(F)c2)c2cccc(F)c2)CC1. The molecule has 3 heterocycles. The molecule has 5 rings (SSSR count). The van der Waals surface area contributed by atoms with Crippen molar-refractivity contribution in [3.63, 3.8) is 0 Å². The zero-order chi connectivity index (χ0) is 24.6. The molecule has 0 aromatic heterocycles. The van der Waals surface area contributed by atoms with E-state index in [2.05, 4.69) is 4.90 Å². The van der Waals surface area contributed by atoms with Crippen LogP contribution in [0.5, 0.6) is 0 Å². The Balaban J connectivity index is 1.21. The van der Waals surface area contributed by atoms with Gasteiger partial charge in [-0.25, -0.2) is 23.2 Å². The first kappa shape index (κ1) is 23.2. The average molecular weight is 488 g/mol. The Morgan fingerprint density at radius 3 is 2.20 bits per heavy atom. The van der Waals surface area contributed by atoms with E-state index < -0.39 is 47.6 Å². The van der Waals surface area contributed by atoms with E-state index in [0.29, 0.717) is 48.7 Å². The van der Waals surface area contributed by atoms with E-state index in [1.54, 1.807) is 24.3 Å². The van der Waals surface area contributed by atoms with Crippen LogP contribution in [0.25, 0.3) is 0 Å². The summed E-state index contributed by atoms with van der Waals surface area (Å²) in [6.45, 7) is 1.77. The molecule has 3 aliphatic heterocycles. The number of nitrogens with zero attached hydrogens (tertiary/aromatic N) is 2. The summed E-state index contributed by atoms with van der Waals surface area (Å²) >= 11 is 0. The fourth-order valence-electron chi connectivity index (χ4n) is 4.62. The van der Waals surface area contributed by atoms with Gasteiger partial charge in [-0.3, -0.25) is 0 Å². The number of carbonyl (C=O) groups excluding carboxylic acids is 3. The molecule has 184 valence electrons. The molecule has 35 heavy (non-hydrogen) atoms. The minimum Gasteiger partial charge on any atom is -0.434 e. The lowest BCUT2D eigenvalue weighted by Crippen LogP contribution is -2.57. The van der Waals surface area contributed by atoms with Gasteiger partial charge in [0.1, 0.15) is 17.7 Å². The van der Waals surface area contributed by atoms with Gasteiger partial charge in [0.05, 0.1) is 6.61 Å². The highest BCUT2D eigenvalue weighted by Gasteiger charge is 2.62. The molecular weight excluding hydrogens is 466 g/mol. The number of fused-ring (bicyclic) bond motifs is 2. The number of amides is 1. The van der Waals surface area contributed by atoms with Crippen molar-refractivity contribution in [2.45, 2.75) is 30.8 Å². The van der Waals surface area contributed by atoms with E-state index in [1.807, 2.05) is 0 Å². The van der Waals surface area contributed by atoms with Crippen LogP contribution in [0.4, 0.5) is 13.6 Å². The molecule has 2 aromatic rings. The molecule has 2 aromatic carbocycles. The van der Waals surface area contributed by atoms with Crippen molar-refractivity contribution >= 4 is 18.0 Å². The van der Waals surface area contributed by atoms with Crippen LogP contribution >= 0.6 is 0 Å². The van der Waals surface area contributed by atoms with Crippen LogP contribution in [0.3, 0.4) is 0 Å². The van der Waals surface area contributed by atoms with Gasteiger partial charge in [0, 0.05) is 32.5 Å². The normalized spacial score (nSPS) is 21.6. The molecule has 3 aliphatic rings. The number of halogens is 2. The monoisotopic (exact) mass is 488 g/mol. The summed E-state index contributed by atoms with van der Waals surface area (Å²) in [6.07, 6.45) is -1.95. The first-order valence-corrected chi connectivity index (χ1v) is 11.1. The summed E-state index contributed by atoms with van der Waals surface area (Å²) in [5.74, 6) is -3.26. The standard InChI is InChI=1S/C24H22F2N2O7/c25-17-5-1-3-15(13-17)19(16-4-2-6-18(26)14-16)32-12-11-27-9-7-24(8-10-27)22-28(23(31)34-24)35-21(30)20(29)33-22/h1-6,13-14,19,22H,7-12H2. The Bertz CT molecular complexity index is 1110. The second-order valence-corrected chi connectivity index (χ2v) is 8.60. The van der Waals surface area contributed by atoms with Crippen LogP contribution in [-0.2, 0) is 28.6 Å². The van der Waals surface area contributed by atoms with Crippen LogP contribution in [-0.4, -0.2) is 66.1 Å². The molecule has 1 spiro atoms. The fraction of sp³-hybridized carbons (Fsp3) is 0.375.